The van der Waals surface area contributed by atoms with Crippen LogP contribution in [-0.2, 0) is 4.74 Å². The molecule has 0 aromatic carbocycles. The van der Waals surface area contributed by atoms with E-state index in [0.29, 0.717) is 0 Å². The van der Waals surface area contributed by atoms with Gasteiger partial charge in [0.15, 0.2) is 5.84 Å². The Morgan fingerprint density at radius 2 is 2.29 bits per heavy atom. The summed E-state index contributed by atoms with van der Waals surface area (Å²) in [6.07, 6.45) is 1.42. The molecule has 0 saturated carbocycles. The molecular weight excluding hydrogens is 182 g/mol. The zero-order chi connectivity index (χ0) is 10.7. The first-order valence-electron chi connectivity index (χ1n) is 4.93. The van der Waals surface area contributed by atoms with E-state index in [-0.39, 0.29) is 30.1 Å². The molecule has 0 aromatic heterocycles. The largest absolute Gasteiger partial charge is 0.409 e. The molecule has 1 heterocycles. The van der Waals surface area contributed by atoms with Gasteiger partial charge in [-0.05, 0) is 27.2 Å². The molecule has 4 unspecified atom stereocenters. The van der Waals surface area contributed by atoms with Crippen LogP contribution in [0.1, 0.15) is 27.2 Å². The number of nitrogens with one attached hydrogen (secondary N) is 1. The molecule has 5 nitrogen and oxygen atoms in total. The maximum Gasteiger partial charge on any atom is 0.156 e. The van der Waals surface area contributed by atoms with Crippen molar-refractivity contribution in [1.29, 1.82) is 0 Å². The van der Waals surface area contributed by atoms with Gasteiger partial charge in [0, 0.05) is 6.04 Å². The van der Waals surface area contributed by atoms with Crippen molar-refractivity contribution in [3.05, 3.63) is 0 Å². The molecule has 0 aromatic rings. The summed E-state index contributed by atoms with van der Waals surface area (Å²) >= 11 is 0. The summed E-state index contributed by atoms with van der Waals surface area (Å²) in [4.78, 5) is 0. The molecule has 1 aliphatic rings. The van der Waals surface area contributed by atoms with Gasteiger partial charge in [0.25, 0.3) is 0 Å². The maximum atomic E-state index is 8.49. The molecule has 14 heavy (non-hydrogen) atoms. The van der Waals surface area contributed by atoms with Gasteiger partial charge in [0.1, 0.15) is 0 Å². The number of nitrogens with zero attached hydrogens (tertiary/aromatic N) is 1. The first kappa shape index (κ1) is 11.3. The fourth-order valence-corrected chi connectivity index (χ4v) is 1.76. The van der Waals surface area contributed by atoms with E-state index in [0.717, 1.165) is 6.42 Å². The van der Waals surface area contributed by atoms with Gasteiger partial charge >= 0.3 is 0 Å². The van der Waals surface area contributed by atoms with Crippen LogP contribution in [0, 0.1) is 0 Å². The lowest BCUT2D eigenvalue weighted by molar-refractivity contribution is 0.0603. The van der Waals surface area contributed by atoms with Crippen LogP contribution in [0.5, 0.6) is 0 Å². The Bertz CT molecular complexity index is 220. The second-order valence-corrected chi connectivity index (χ2v) is 3.91. The molecule has 5 heteroatoms. The van der Waals surface area contributed by atoms with Crippen LogP contribution in [-0.4, -0.2) is 35.3 Å². The second-order valence-electron chi connectivity index (χ2n) is 3.91. The van der Waals surface area contributed by atoms with Crippen LogP contribution in [0.25, 0.3) is 0 Å². The number of oxime groups is 1. The van der Waals surface area contributed by atoms with Gasteiger partial charge in [-0.3, -0.25) is 0 Å². The highest BCUT2D eigenvalue weighted by molar-refractivity contribution is 5.84. The molecule has 4 atom stereocenters. The van der Waals surface area contributed by atoms with E-state index in [4.69, 9.17) is 15.7 Å². The molecular formula is C9H19N3O2. The fraction of sp³-hybridized carbons (Fsp3) is 0.889. The third-order valence-electron chi connectivity index (χ3n) is 2.62. The van der Waals surface area contributed by atoms with Crippen molar-refractivity contribution < 1.29 is 9.94 Å². The molecule has 82 valence electrons. The number of rotatable bonds is 3. The Morgan fingerprint density at radius 1 is 1.64 bits per heavy atom. The SMILES string of the molecule is CC1CC(NC(C)/C(N)=N/O)C(C)O1. The minimum atomic E-state index is -0.124. The average molecular weight is 201 g/mol. The number of hydrogen-bond acceptors (Lipinski definition) is 4. The zero-order valence-corrected chi connectivity index (χ0v) is 8.90. The van der Waals surface area contributed by atoms with Crippen molar-refractivity contribution in [3.8, 4) is 0 Å². The zero-order valence-electron chi connectivity index (χ0n) is 8.90. The summed E-state index contributed by atoms with van der Waals surface area (Å²) in [5.41, 5.74) is 5.47. The van der Waals surface area contributed by atoms with E-state index < -0.39 is 0 Å². The Balaban J connectivity index is 2.44. The quantitative estimate of drug-likeness (QED) is 0.265. The Morgan fingerprint density at radius 3 is 2.71 bits per heavy atom. The normalized spacial score (nSPS) is 35.9. The van der Waals surface area contributed by atoms with Crippen LogP contribution in [0.3, 0.4) is 0 Å². The monoisotopic (exact) mass is 201 g/mol. The van der Waals surface area contributed by atoms with Crippen molar-refractivity contribution in [2.75, 3.05) is 0 Å². The Kier molecular flexibility index (Phi) is 3.71. The van der Waals surface area contributed by atoms with Crippen molar-refractivity contribution in [2.24, 2.45) is 10.9 Å². The lowest BCUT2D eigenvalue weighted by atomic mass is 10.1. The van der Waals surface area contributed by atoms with Gasteiger partial charge in [0.2, 0.25) is 0 Å². The van der Waals surface area contributed by atoms with Crippen LogP contribution < -0.4 is 11.1 Å². The second kappa shape index (κ2) is 4.61. The lowest BCUT2D eigenvalue weighted by Gasteiger charge is -2.20. The minimum Gasteiger partial charge on any atom is -0.409 e. The molecule has 1 rings (SSSR count). The van der Waals surface area contributed by atoms with Gasteiger partial charge in [-0.25, -0.2) is 0 Å². The van der Waals surface area contributed by atoms with Crippen LogP contribution in [0.4, 0.5) is 0 Å². The summed E-state index contributed by atoms with van der Waals surface area (Å²) < 4.78 is 5.58. The molecule has 0 spiro atoms. The fourth-order valence-electron chi connectivity index (χ4n) is 1.76. The molecule has 0 amide bonds. The molecule has 0 bridgehead atoms. The highest BCUT2D eigenvalue weighted by atomic mass is 16.5. The summed E-state index contributed by atoms with van der Waals surface area (Å²) in [5.74, 6) is 0.205. The van der Waals surface area contributed by atoms with Crippen LogP contribution in [0.15, 0.2) is 5.16 Å². The molecule has 1 aliphatic heterocycles. The van der Waals surface area contributed by atoms with E-state index in [2.05, 4.69) is 10.5 Å². The van der Waals surface area contributed by atoms with Gasteiger partial charge in [-0.1, -0.05) is 5.16 Å². The highest BCUT2D eigenvalue weighted by Crippen LogP contribution is 2.19. The van der Waals surface area contributed by atoms with Crippen molar-refractivity contribution in [2.45, 2.75) is 51.5 Å². The first-order valence-corrected chi connectivity index (χ1v) is 4.93. The van der Waals surface area contributed by atoms with Gasteiger partial charge < -0.3 is 21.0 Å². The van der Waals surface area contributed by atoms with Crippen molar-refractivity contribution >= 4 is 5.84 Å². The summed E-state index contributed by atoms with van der Waals surface area (Å²) in [5, 5.41) is 14.7. The maximum absolute atomic E-state index is 8.49. The Labute approximate surface area is 84.3 Å². The molecule has 4 N–H and O–H groups in total. The van der Waals surface area contributed by atoms with Gasteiger partial charge in [-0.2, -0.15) is 0 Å². The van der Waals surface area contributed by atoms with E-state index in [1.165, 1.54) is 0 Å². The topological polar surface area (TPSA) is 79.9 Å². The average Bonchev–Trinajstić information content (AvgIpc) is 2.44. The summed E-state index contributed by atoms with van der Waals surface area (Å²) in [6.45, 7) is 5.94. The summed E-state index contributed by atoms with van der Waals surface area (Å²) in [7, 11) is 0. The van der Waals surface area contributed by atoms with E-state index >= 15 is 0 Å². The standard InChI is InChI=1S/C9H19N3O2/c1-5-4-8(7(3)14-5)11-6(2)9(10)12-13/h5-8,11,13H,4H2,1-3H3,(H2,10,12). The van der Waals surface area contributed by atoms with Crippen molar-refractivity contribution in [1.82, 2.24) is 5.32 Å². The van der Waals surface area contributed by atoms with Crippen molar-refractivity contribution in [3.63, 3.8) is 0 Å². The van der Waals surface area contributed by atoms with E-state index in [1.54, 1.807) is 0 Å². The molecule has 1 saturated heterocycles. The first-order chi connectivity index (χ1) is 6.54. The minimum absolute atomic E-state index is 0.124. The summed E-state index contributed by atoms with van der Waals surface area (Å²) in [6, 6.07) is 0.154. The predicted molar refractivity (Wildman–Crippen MR) is 54.4 cm³/mol. The molecule has 0 aliphatic carbocycles. The smallest absolute Gasteiger partial charge is 0.156 e. The Hall–Kier alpha value is -0.810. The molecule has 0 radical (unpaired) electrons. The van der Waals surface area contributed by atoms with Crippen LogP contribution in [0.2, 0.25) is 0 Å². The highest BCUT2D eigenvalue weighted by Gasteiger charge is 2.30. The lowest BCUT2D eigenvalue weighted by Crippen LogP contribution is -2.47. The third-order valence-corrected chi connectivity index (χ3v) is 2.62. The number of ether oxygens (including phenoxy) is 1. The number of nitrogens with two attached hydrogens (primary N) is 1. The van der Waals surface area contributed by atoms with Crippen LogP contribution >= 0.6 is 0 Å². The number of hydrogen-bond donors (Lipinski definition) is 3. The molecule has 1 fully saturated rings. The van der Waals surface area contributed by atoms with Gasteiger partial charge in [0.05, 0.1) is 18.2 Å². The van der Waals surface area contributed by atoms with E-state index in [9.17, 15) is 0 Å². The van der Waals surface area contributed by atoms with E-state index in [1.807, 2.05) is 20.8 Å². The number of amidine groups is 1. The van der Waals surface area contributed by atoms with Gasteiger partial charge in [-0.15, -0.1) is 0 Å². The third kappa shape index (κ3) is 2.59. The predicted octanol–water partition coefficient (Wildman–Crippen LogP) is 0.277.